The van der Waals surface area contributed by atoms with Crippen LogP contribution >= 0.6 is 15.9 Å². The molecular formula is C14H15BrFN3. The summed E-state index contributed by atoms with van der Waals surface area (Å²) < 4.78 is 13.7. The summed E-state index contributed by atoms with van der Waals surface area (Å²) in [5, 5.41) is 0. The molecule has 2 aromatic rings. The molecule has 2 rings (SSSR count). The van der Waals surface area contributed by atoms with Gasteiger partial charge in [-0.3, -0.25) is 4.98 Å². The zero-order valence-electron chi connectivity index (χ0n) is 10.6. The van der Waals surface area contributed by atoms with E-state index in [1.807, 2.05) is 30.1 Å². The second-order valence-electron chi connectivity index (χ2n) is 4.32. The number of rotatable bonds is 4. The molecule has 0 amide bonds. The molecule has 0 unspecified atom stereocenters. The molecule has 0 bridgehead atoms. The lowest BCUT2D eigenvalue weighted by molar-refractivity contribution is 0.621. The first-order valence-corrected chi connectivity index (χ1v) is 6.73. The van der Waals surface area contributed by atoms with Gasteiger partial charge in [0.15, 0.2) is 0 Å². The van der Waals surface area contributed by atoms with Crippen LogP contribution in [0, 0.1) is 5.82 Å². The van der Waals surface area contributed by atoms with Gasteiger partial charge in [0.25, 0.3) is 0 Å². The van der Waals surface area contributed by atoms with Gasteiger partial charge in [0.05, 0.1) is 15.8 Å². The fourth-order valence-corrected chi connectivity index (χ4v) is 2.16. The monoisotopic (exact) mass is 323 g/mol. The molecule has 1 heterocycles. The van der Waals surface area contributed by atoms with Crippen molar-refractivity contribution in [3.05, 3.63) is 52.5 Å². The SMILES string of the molecule is CN(CCc1ccccn1)c1cc(Br)c(F)cc1N. The van der Waals surface area contributed by atoms with E-state index in [1.54, 1.807) is 12.3 Å². The maximum absolute atomic E-state index is 13.3. The molecule has 0 atom stereocenters. The lowest BCUT2D eigenvalue weighted by Crippen LogP contribution is -2.21. The van der Waals surface area contributed by atoms with Gasteiger partial charge in [-0.05, 0) is 34.1 Å². The van der Waals surface area contributed by atoms with E-state index in [9.17, 15) is 4.39 Å². The predicted octanol–water partition coefficient (Wildman–Crippen LogP) is 3.24. The van der Waals surface area contributed by atoms with Crippen LogP contribution in [0.2, 0.25) is 0 Å². The average molecular weight is 324 g/mol. The van der Waals surface area contributed by atoms with Crippen LogP contribution < -0.4 is 10.6 Å². The Morgan fingerprint density at radius 3 is 2.84 bits per heavy atom. The highest BCUT2D eigenvalue weighted by molar-refractivity contribution is 9.10. The largest absolute Gasteiger partial charge is 0.397 e. The molecule has 0 aliphatic heterocycles. The maximum atomic E-state index is 13.3. The van der Waals surface area contributed by atoms with Crippen molar-refractivity contribution in [2.45, 2.75) is 6.42 Å². The normalized spacial score (nSPS) is 10.5. The van der Waals surface area contributed by atoms with E-state index < -0.39 is 0 Å². The topological polar surface area (TPSA) is 42.2 Å². The van der Waals surface area contributed by atoms with Gasteiger partial charge in [-0.1, -0.05) is 6.07 Å². The van der Waals surface area contributed by atoms with Gasteiger partial charge in [0, 0.05) is 38.0 Å². The summed E-state index contributed by atoms with van der Waals surface area (Å²) >= 11 is 3.17. The van der Waals surface area contributed by atoms with Crippen molar-refractivity contribution in [2.75, 3.05) is 24.2 Å². The first kappa shape index (κ1) is 13.8. The quantitative estimate of drug-likeness (QED) is 0.878. The minimum absolute atomic E-state index is 0.348. The molecule has 0 fully saturated rings. The number of halogens is 2. The molecular weight excluding hydrogens is 309 g/mol. The lowest BCUT2D eigenvalue weighted by Gasteiger charge is -2.21. The molecule has 3 nitrogen and oxygen atoms in total. The van der Waals surface area contributed by atoms with Crippen molar-refractivity contribution in [1.82, 2.24) is 4.98 Å². The van der Waals surface area contributed by atoms with Crippen LogP contribution in [0.25, 0.3) is 0 Å². The standard InChI is InChI=1S/C14H15BrFN3/c1-19(7-5-10-4-2-3-6-18-10)14-8-11(15)12(16)9-13(14)17/h2-4,6,8-9H,5,7,17H2,1H3. The zero-order chi connectivity index (χ0) is 13.8. The number of nitrogens with zero attached hydrogens (tertiary/aromatic N) is 2. The first-order chi connectivity index (χ1) is 9.08. The third-order valence-corrected chi connectivity index (χ3v) is 3.52. The van der Waals surface area contributed by atoms with Crippen LogP contribution in [0.4, 0.5) is 15.8 Å². The van der Waals surface area contributed by atoms with Crippen LogP contribution in [0.15, 0.2) is 41.0 Å². The summed E-state index contributed by atoms with van der Waals surface area (Å²) in [6.07, 6.45) is 2.59. The first-order valence-electron chi connectivity index (χ1n) is 5.93. The maximum Gasteiger partial charge on any atom is 0.139 e. The highest BCUT2D eigenvalue weighted by Crippen LogP contribution is 2.29. The molecule has 0 radical (unpaired) electrons. The number of pyridine rings is 1. The third-order valence-electron chi connectivity index (χ3n) is 2.91. The van der Waals surface area contributed by atoms with Crippen molar-refractivity contribution in [2.24, 2.45) is 0 Å². The number of benzene rings is 1. The summed E-state index contributed by atoms with van der Waals surface area (Å²) in [4.78, 5) is 6.27. The Labute approximate surface area is 120 Å². The van der Waals surface area contributed by atoms with E-state index >= 15 is 0 Å². The summed E-state index contributed by atoms with van der Waals surface area (Å²) in [6.45, 7) is 0.763. The minimum Gasteiger partial charge on any atom is -0.397 e. The number of hydrogen-bond acceptors (Lipinski definition) is 3. The van der Waals surface area contributed by atoms with Gasteiger partial charge < -0.3 is 10.6 Å². The van der Waals surface area contributed by atoms with E-state index in [0.29, 0.717) is 10.2 Å². The molecule has 100 valence electrons. The number of nitrogen functional groups attached to an aromatic ring is 1. The fourth-order valence-electron chi connectivity index (χ4n) is 1.83. The van der Waals surface area contributed by atoms with Gasteiger partial charge in [-0.2, -0.15) is 0 Å². The van der Waals surface area contributed by atoms with E-state index in [-0.39, 0.29) is 5.82 Å². The number of anilines is 2. The number of hydrogen-bond donors (Lipinski definition) is 1. The van der Waals surface area contributed by atoms with Gasteiger partial charge in [0.1, 0.15) is 5.82 Å². The molecule has 0 aliphatic carbocycles. The smallest absolute Gasteiger partial charge is 0.139 e. The van der Waals surface area contributed by atoms with Gasteiger partial charge in [0.2, 0.25) is 0 Å². The Morgan fingerprint density at radius 1 is 1.37 bits per heavy atom. The van der Waals surface area contributed by atoms with Crippen LogP contribution in [0.5, 0.6) is 0 Å². The van der Waals surface area contributed by atoms with E-state index in [1.165, 1.54) is 6.07 Å². The van der Waals surface area contributed by atoms with Gasteiger partial charge >= 0.3 is 0 Å². The van der Waals surface area contributed by atoms with E-state index in [4.69, 9.17) is 5.73 Å². The zero-order valence-corrected chi connectivity index (χ0v) is 12.2. The third kappa shape index (κ3) is 3.44. The molecule has 19 heavy (non-hydrogen) atoms. The van der Waals surface area contributed by atoms with Crippen molar-refractivity contribution in [3.63, 3.8) is 0 Å². The van der Waals surface area contributed by atoms with Crippen molar-refractivity contribution >= 4 is 27.3 Å². The Morgan fingerprint density at radius 2 is 2.16 bits per heavy atom. The van der Waals surface area contributed by atoms with Crippen LogP contribution in [0.3, 0.4) is 0 Å². The van der Waals surface area contributed by atoms with Crippen molar-refractivity contribution in [3.8, 4) is 0 Å². The Hall–Kier alpha value is -1.62. The van der Waals surface area contributed by atoms with Crippen LogP contribution in [-0.4, -0.2) is 18.6 Å². The predicted molar refractivity (Wildman–Crippen MR) is 79.7 cm³/mol. The summed E-state index contributed by atoms with van der Waals surface area (Å²) in [5.74, 6) is -0.348. The van der Waals surface area contributed by atoms with Crippen molar-refractivity contribution < 1.29 is 4.39 Å². The molecule has 0 saturated carbocycles. The number of aromatic nitrogens is 1. The molecule has 0 spiro atoms. The fraction of sp³-hybridized carbons (Fsp3) is 0.214. The summed E-state index contributed by atoms with van der Waals surface area (Å²) in [7, 11) is 1.93. The number of likely N-dealkylation sites (N-methyl/N-ethyl adjacent to an activating group) is 1. The molecule has 0 saturated heterocycles. The molecule has 0 aliphatic rings. The highest BCUT2D eigenvalue weighted by atomic mass is 79.9. The summed E-state index contributed by atoms with van der Waals surface area (Å²) in [6, 6.07) is 8.87. The molecule has 1 aromatic heterocycles. The average Bonchev–Trinajstić information content (AvgIpc) is 2.41. The lowest BCUT2D eigenvalue weighted by atomic mass is 10.2. The molecule has 5 heteroatoms. The van der Waals surface area contributed by atoms with Crippen LogP contribution in [0.1, 0.15) is 5.69 Å². The number of nitrogens with two attached hydrogens (primary N) is 1. The second kappa shape index (κ2) is 6.02. The van der Waals surface area contributed by atoms with Crippen molar-refractivity contribution in [1.29, 1.82) is 0 Å². The Bertz CT molecular complexity index is 560. The van der Waals surface area contributed by atoms with Gasteiger partial charge in [-0.25, -0.2) is 4.39 Å². The second-order valence-corrected chi connectivity index (χ2v) is 5.17. The van der Waals surface area contributed by atoms with E-state index in [2.05, 4.69) is 20.9 Å². The summed E-state index contributed by atoms with van der Waals surface area (Å²) in [5.41, 5.74) is 8.11. The Balaban J connectivity index is 2.08. The van der Waals surface area contributed by atoms with Gasteiger partial charge in [-0.15, -0.1) is 0 Å². The molecule has 2 N–H and O–H groups in total. The minimum atomic E-state index is -0.348. The highest BCUT2D eigenvalue weighted by Gasteiger charge is 2.10. The van der Waals surface area contributed by atoms with Crippen LogP contribution in [-0.2, 0) is 6.42 Å². The van der Waals surface area contributed by atoms with E-state index in [0.717, 1.165) is 24.3 Å². The molecule has 1 aromatic carbocycles. The Kier molecular flexibility index (Phi) is 4.37.